The molecule has 0 fully saturated rings. The van der Waals surface area contributed by atoms with E-state index in [1.54, 1.807) is 6.07 Å². The lowest BCUT2D eigenvalue weighted by atomic mass is 9.92. The van der Waals surface area contributed by atoms with Gasteiger partial charge in [0.25, 0.3) is 0 Å². The van der Waals surface area contributed by atoms with E-state index in [0.29, 0.717) is 12.2 Å². The molecule has 0 saturated carbocycles. The van der Waals surface area contributed by atoms with Gasteiger partial charge in [-0.25, -0.2) is 13.1 Å². The number of fused-ring (bicyclic) bond motifs is 1. The zero-order valence-electron chi connectivity index (χ0n) is 15.7. The highest BCUT2D eigenvalue weighted by Crippen LogP contribution is 2.32. The van der Waals surface area contributed by atoms with Gasteiger partial charge in [-0.1, -0.05) is 30.3 Å². The fourth-order valence-electron chi connectivity index (χ4n) is 3.67. The lowest BCUT2D eigenvalue weighted by Gasteiger charge is -2.27. The summed E-state index contributed by atoms with van der Waals surface area (Å²) in [6.45, 7) is 3.81. The fraction of sp³-hybridized carbons (Fsp3) is 0.429. The van der Waals surface area contributed by atoms with Crippen LogP contribution in [0.5, 0.6) is 5.75 Å². The van der Waals surface area contributed by atoms with Crippen LogP contribution in [0, 0.1) is 0 Å². The average molecular weight is 374 g/mol. The van der Waals surface area contributed by atoms with Gasteiger partial charge in [-0.2, -0.15) is 0 Å². The van der Waals surface area contributed by atoms with Gasteiger partial charge in [0.1, 0.15) is 10.6 Å². The number of nitrogens with one attached hydrogen (secondary N) is 1. The standard InChI is InChI=1S/C21H27NO3S/c1-21(2,15-16-9-5-4-6-10-16)22-26(23,24)20-14-18-12-8-7-11-17(18)13-19(20)25-3/h4-6,9-10,13-14,22H,7-8,11-12,15H2,1-3H3. The molecule has 0 spiro atoms. The molecule has 1 aliphatic rings. The third-order valence-electron chi connectivity index (χ3n) is 4.82. The SMILES string of the molecule is COc1cc2c(cc1S(=O)(=O)NC(C)(C)Cc1ccccc1)CCCC2. The van der Waals surface area contributed by atoms with Gasteiger partial charge in [0.2, 0.25) is 10.0 Å². The number of hydrogen-bond acceptors (Lipinski definition) is 3. The van der Waals surface area contributed by atoms with E-state index in [4.69, 9.17) is 4.74 Å². The summed E-state index contributed by atoms with van der Waals surface area (Å²) in [7, 11) is -2.16. The molecule has 0 aliphatic heterocycles. The first kappa shape index (κ1) is 18.9. The molecule has 0 saturated heterocycles. The first-order chi connectivity index (χ1) is 12.3. The molecule has 1 aliphatic carbocycles. The van der Waals surface area contributed by atoms with Crippen LogP contribution in [-0.4, -0.2) is 21.1 Å². The molecule has 0 radical (unpaired) electrons. The van der Waals surface area contributed by atoms with E-state index < -0.39 is 15.6 Å². The van der Waals surface area contributed by atoms with Crippen molar-refractivity contribution in [2.45, 2.75) is 56.4 Å². The van der Waals surface area contributed by atoms with E-state index in [1.807, 2.05) is 50.2 Å². The van der Waals surface area contributed by atoms with E-state index in [2.05, 4.69) is 4.72 Å². The van der Waals surface area contributed by atoms with Crippen LogP contribution < -0.4 is 9.46 Å². The van der Waals surface area contributed by atoms with Crippen molar-refractivity contribution in [1.29, 1.82) is 0 Å². The molecule has 0 aromatic heterocycles. The van der Waals surface area contributed by atoms with Crippen molar-refractivity contribution in [1.82, 2.24) is 4.72 Å². The summed E-state index contributed by atoms with van der Waals surface area (Å²) in [6, 6.07) is 13.6. The Morgan fingerprint density at radius 3 is 2.27 bits per heavy atom. The van der Waals surface area contributed by atoms with Crippen LogP contribution in [0.1, 0.15) is 43.4 Å². The molecular formula is C21H27NO3S. The Kier molecular flexibility index (Phi) is 5.39. The molecule has 0 amide bonds. The largest absolute Gasteiger partial charge is 0.495 e. The van der Waals surface area contributed by atoms with Crippen LogP contribution >= 0.6 is 0 Å². The molecule has 0 atom stereocenters. The van der Waals surface area contributed by atoms with Gasteiger partial charge in [-0.15, -0.1) is 0 Å². The Morgan fingerprint density at radius 2 is 1.65 bits per heavy atom. The lowest BCUT2D eigenvalue weighted by Crippen LogP contribution is -2.45. The van der Waals surface area contributed by atoms with Crippen molar-refractivity contribution < 1.29 is 13.2 Å². The normalized spacial score (nSPS) is 14.7. The minimum absolute atomic E-state index is 0.238. The van der Waals surface area contributed by atoms with Crippen LogP contribution in [0.3, 0.4) is 0 Å². The third kappa shape index (κ3) is 4.27. The maximum atomic E-state index is 13.1. The number of methoxy groups -OCH3 is 1. The molecule has 2 aromatic rings. The smallest absolute Gasteiger partial charge is 0.244 e. The first-order valence-electron chi connectivity index (χ1n) is 9.08. The summed E-state index contributed by atoms with van der Waals surface area (Å²) in [4.78, 5) is 0.238. The Bertz CT molecular complexity index is 874. The topological polar surface area (TPSA) is 55.4 Å². The number of hydrogen-bond donors (Lipinski definition) is 1. The van der Waals surface area contributed by atoms with Crippen molar-refractivity contribution in [3.8, 4) is 5.75 Å². The summed E-state index contributed by atoms with van der Waals surface area (Å²) in [5.74, 6) is 0.425. The quantitative estimate of drug-likeness (QED) is 0.836. The van der Waals surface area contributed by atoms with E-state index >= 15 is 0 Å². The Morgan fingerprint density at radius 1 is 1.04 bits per heavy atom. The van der Waals surface area contributed by atoms with Crippen molar-refractivity contribution in [2.75, 3.05) is 7.11 Å². The summed E-state index contributed by atoms with van der Waals surface area (Å²) < 4.78 is 34.5. The summed E-state index contributed by atoms with van der Waals surface area (Å²) in [5.41, 5.74) is 2.81. The van der Waals surface area contributed by atoms with Crippen LogP contribution in [0.4, 0.5) is 0 Å². The van der Waals surface area contributed by atoms with E-state index in [0.717, 1.165) is 36.8 Å². The van der Waals surface area contributed by atoms with Crippen molar-refractivity contribution >= 4 is 10.0 Å². The summed E-state index contributed by atoms with van der Waals surface area (Å²) in [6.07, 6.45) is 4.77. The molecule has 0 unspecified atom stereocenters. The van der Waals surface area contributed by atoms with Crippen LogP contribution in [0.2, 0.25) is 0 Å². The Balaban J connectivity index is 1.90. The monoisotopic (exact) mass is 373 g/mol. The maximum Gasteiger partial charge on any atom is 0.244 e. The Hall–Kier alpha value is -1.85. The second-order valence-corrected chi connectivity index (χ2v) is 9.28. The van der Waals surface area contributed by atoms with Crippen LogP contribution in [0.15, 0.2) is 47.4 Å². The number of ether oxygens (including phenoxy) is 1. The van der Waals surface area contributed by atoms with Crippen molar-refractivity contribution in [2.24, 2.45) is 0 Å². The predicted molar refractivity (Wildman–Crippen MR) is 104 cm³/mol. The molecule has 0 bridgehead atoms. The predicted octanol–water partition coefficient (Wildman–Crippen LogP) is 3.87. The van der Waals surface area contributed by atoms with E-state index in [9.17, 15) is 8.42 Å². The molecule has 26 heavy (non-hydrogen) atoms. The molecule has 4 nitrogen and oxygen atoms in total. The number of sulfonamides is 1. The molecule has 1 N–H and O–H groups in total. The molecular weight excluding hydrogens is 346 g/mol. The number of rotatable bonds is 6. The third-order valence-corrected chi connectivity index (χ3v) is 6.54. The van der Waals surface area contributed by atoms with Gasteiger partial charge in [0.15, 0.2) is 0 Å². The van der Waals surface area contributed by atoms with Crippen molar-refractivity contribution in [3.05, 3.63) is 59.2 Å². The van der Waals surface area contributed by atoms with Crippen LogP contribution in [0.25, 0.3) is 0 Å². The second kappa shape index (κ2) is 7.41. The summed E-state index contributed by atoms with van der Waals surface area (Å²) in [5, 5.41) is 0. The van der Waals surface area contributed by atoms with Gasteiger partial charge in [-0.05, 0) is 74.8 Å². The highest BCUT2D eigenvalue weighted by molar-refractivity contribution is 7.89. The molecule has 140 valence electrons. The highest BCUT2D eigenvalue weighted by atomic mass is 32.2. The molecule has 0 heterocycles. The van der Waals surface area contributed by atoms with Gasteiger partial charge < -0.3 is 4.74 Å². The number of aryl methyl sites for hydroxylation is 2. The molecule has 2 aromatic carbocycles. The van der Waals surface area contributed by atoms with Gasteiger partial charge in [0, 0.05) is 5.54 Å². The van der Waals surface area contributed by atoms with Crippen molar-refractivity contribution in [3.63, 3.8) is 0 Å². The highest BCUT2D eigenvalue weighted by Gasteiger charge is 2.30. The zero-order valence-corrected chi connectivity index (χ0v) is 16.5. The lowest BCUT2D eigenvalue weighted by molar-refractivity contribution is 0.398. The van der Waals surface area contributed by atoms with Crippen LogP contribution in [-0.2, 0) is 29.3 Å². The van der Waals surface area contributed by atoms with E-state index in [1.165, 1.54) is 12.7 Å². The minimum atomic E-state index is -3.69. The maximum absolute atomic E-state index is 13.1. The summed E-state index contributed by atoms with van der Waals surface area (Å²) >= 11 is 0. The zero-order chi connectivity index (χ0) is 18.8. The molecule has 5 heteroatoms. The fourth-order valence-corrected chi connectivity index (χ4v) is 5.29. The minimum Gasteiger partial charge on any atom is -0.495 e. The van der Waals surface area contributed by atoms with Gasteiger partial charge >= 0.3 is 0 Å². The van der Waals surface area contributed by atoms with Gasteiger partial charge in [-0.3, -0.25) is 0 Å². The number of benzene rings is 2. The van der Waals surface area contributed by atoms with E-state index in [-0.39, 0.29) is 4.90 Å². The van der Waals surface area contributed by atoms with Gasteiger partial charge in [0.05, 0.1) is 7.11 Å². The first-order valence-corrected chi connectivity index (χ1v) is 10.6. The average Bonchev–Trinajstić information content (AvgIpc) is 2.60. The Labute approximate surface area is 156 Å². The molecule has 3 rings (SSSR count). The second-order valence-electron chi connectivity index (χ2n) is 7.63.